The Morgan fingerprint density at radius 2 is 1.60 bits per heavy atom. The maximum Gasteiger partial charge on any atom is 0.228 e. The number of ether oxygens (including phenoxy) is 5. The van der Waals surface area contributed by atoms with Crippen molar-refractivity contribution in [1.29, 1.82) is 0 Å². The van der Waals surface area contributed by atoms with Gasteiger partial charge in [0.1, 0.15) is 36.0 Å². The Bertz CT molecular complexity index is 2450. The van der Waals surface area contributed by atoms with Crippen LogP contribution in [0.25, 0.3) is 11.1 Å². The number of hydrogen-bond donors (Lipinski definition) is 5. The highest BCUT2D eigenvalue weighted by Gasteiger charge is 2.41. The minimum Gasteiger partial charge on any atom is -0.491 e. The molecule has 3 aliphatic heterocycles. The summed E-state index contributed by atoms with van der Waals surface area (Å²) >= 11 is 8.02. The SMILES string of the molecule is Cc1sc2c(c1C)C(c1ccc(Cl)cc1)NC(CC(=O)Nc1ccc(OCCOCCOCCOCCOc3cc(-c4ccc5c(c4)CC(=O)N5)cnc3N)cc1)C1=NNC(C)N12. The lowest BCUT2D eigenvalue weighted by atomic mass is 9.96. The molecule has 5 aromatic rings. The Balaban J connectivity index is 0.705. The van der Waals surface area contributed by atoms with E-state index in [0.29, 0.717) is 87.3 Å². The second-order valence-electron chi connectivity index (χ2n) is 15.4. The molecule has 8 rings (SSSR count). The van der Waals surface area contributed by atoms with E-state index in [0.717, 1.165) is 38.8 Å². The standard InChI is InChI=1S/C46H51ClN8O7S/c1-27-28(2)63-46-42(27)43(30-4-7-34(47)8-5-30)52-38(45-54-53-29(3)55(45)46)25-41(57)50-35-9-11-36(12-10-35)61-20-18-59-16-14-58-15-17-60-19-21-62-39-23-33(26-49-44(39)48)31-6-13-37-32(22-31)24-40(56)51-37/h4-13,22-23,26,29,38,43,52-53H,14-21,24-25H2,1-3H3,(H2,48,49)(H,50,57)(H,51,56). The summed E-state index contributed by atoms with van der Waals surface area (Å²) in [5.41, 5.74) is 17.0. The molecular weight excluding hydrogens is 844 g/mol. The molecule has 6 N–H and O–H groups in total. The fraction of sp³-hybridized carbons (Fsp3) is 0.348. The number of carbonyl (C=O) groups excluding carboxylic acids is 2. The average molecular weight is 895 g/mol. The molecule has 17 heteroatoms. The summed E-state index contributed by atoms with van der Waals surface area (Å²) in [5, 5.41) is 16.2. The van der Waals surface area contributed by atoms with Gasteiger partial charge in [0.25, 0.3) is 0 Å². The molecule has 3 atom stereocenters. The van der Waals surface area contributed by atoms with Crippen molar-refractivity contribution in [3.8, 4) is 22.6 Å². The van der Waals surface area contributed by atoms with Crippen molar-refractivity contribution in [2.45, 2.75) is 51.9 Å². The van der Waals surface area contributed by atoms with Crippen molar-refractivity contribution in [2.24, 2.45) is 5.10 Å². The molecule has 0 saturated carbocycles. The van der Waals surface area contributed by atoms with Gasteiger partial charge in [-0.3, -0.25) is 25.2 Å². The fourth-order valence-corrected chi connectivity index (χ4v) is 9.12. The zero-order valence-corrected chi connectivity index (χ0v) is 36.9. The molecule has 3 aliphatic rings. The summed E-state index contributed by atoms with van der Waals surface area (Å²) < 4.78 is 28.6. The van der Waals surface area contributed by atoms with Gasteiger partial charge in [0.2, 0.25) is 11.8 Å². The first-order valence-corrected chi connectivity index (χ1v) is 22.1. The van der Waals surface area contributed by atoms with Gasteiger partial charge < -0.3 is 40.1 Å². The monoisotopic (exact) mass is 894 g/mol. The second-order valence-corrected chi connectivity index (χ2v) is 17.0. The summed E-state index contributed by atoms with van der Waals surface area (Å²) in [6.45, 7) is 9.44. The molecule has 3 unspecified atom stereocenters. The predicted molar refractivity (Wildman–Crippen MR) is 246 cm³/mol. The zero-order valence-electron chi connectivity index (χ0n) is 35.4. The van der Waals surface area contributed by atoms with Crippen LogP contribution in [0.5, 0.6) is 11.5 Å². The Hall–Kier alpha value is -5.75. The van der Waals surface area contributed by atoms with Crippen LogP contribution in [0, 0.1) is 13.8 Å². The van der Waals surface area contributed by atoms with Crippen LogP contribution in [0.15, 0.2) is 84.1 Å². The summed E-state index contributed by atoms with van der Waals surface area (Å²) in [6, 6.07) is 22.3. The number of benzene rings is 3. The maximum atomic E-state index is 13.6. The number of pyridine rings is 1. The first-order chi connectivity index (χ1) is 30.6. The number of fused-ring (bicyclic) bond motifs is 4. The molecule has 2 aromatic heterocycles. The normalized spacial score (nSPS) is 17.5. The van der Waals surface area contributed by atoms with Crippen molar-refractivity contribution in [2.75, 3.05) is 74.1 Å². The highest BCUT2D eigenvalue weighted by atomic mass is 35.5. The number of nitrogen functional groups attached to an aromatic ring is 1. The zero-order chi connectivity index (χ0) is 43.9. The van der Waals surface area contributed by atoms with Gasteiger partial charge in [-0.05, 0) is 97.6 Å². The quantitative estimate of drug-likeness (QED) is 0.0547. The molecule has 0 radical (unpaired) electrons. The van der Waals surface area contributed by atoms with Crippen LogP contribution in [0.4, 0.5) is 22.2 Å². The third-order valence-corrected chi connectivity index (χ3v) is 12.5. The van der Waals surface area contributed by atoms with E-state index in [-0.39, 0.29) is 36.5 Å². The van der Waals surface area contributed by atoms with Gasteiger partial charge in [-0.15, -0.1) is 11.3 Å². The molecule has 63 heavy (non-hydrogen) atoms. The number of hydrogen-bond acceptors (Lipinski definition) is 14. The van der Waals surface area contributed by atoms with Crippen LogP contribution in [0.3, 0.4) is 0 Å². The van der Waals surface area contributed by atoms with E-state index in [1.54, 1.807) is 17.5 Å². The molecule has 0 fully saturated rings. The second kappa shape index (κ2) is 20.2. The number of nitrogens with one attached hydrogen (secondary N) is 4. The van der Waals surface area contributed by atoms with Crippen LogP contribution >= 0.6 is 22.9 Å². The van der Waals surface area contributed by atoms with Gasteiger partial charge in [-0.2, -0.15) is 5.10 Å². The molecule has 2 amide bonds. The number of aromatic nitrogens is 1. The predicted octanol–water partition coefficient (Wildman–Crippen LogP) is 6.82. The van der Waals surface area contributed by atoms with Crippen molar-refractivity contribution in [3.05, 3.63) is 111 Å². The minimum absolute atomic E-state index is 0.00919. The number of amides is 2. The Morgan fingerprint density at radius 3 is 2.33 bits per heavy atom. The summed E-state index contributed by atoms with van der Waals surface area (Å²) in [4.78, 5) is 33.0. The lowest BCUT2D eigenvalue weighted by Gasteiger charge is -2.26. The minimum atomic E-state index is -0.361. The van der Waals surface area contributed by atoms with Crippen molar-refractivity contribution in [1.82, 2.24) is 15.7 Å². The molecule has 0 aliphatic carbocycles. The number of halogens is 1. The van der Waals surface area contributed by atoms with Crippen molar-refractivity contribution in [3.63, 3.8) is 0 Å². The number of carbonyl (C=O) groups is 2. The van der Waals surface area contributed by atoms with Crippen molar-refractivity contribution >= 4 is 62.8 Å². The molecule has 5 heterocycles. The average Bonchev–Trinajstić information content (AvgIpc) is 3.91. The molecule has 0 spiro atoms. The number of amidine groups is 1. The number of rotatable bonds is 19. The van der Waals surface area contributed by atoms with Gasteiger partial charge >= 0.3 is 0 Å². The number of anilines is 4. The number of thiophene rings is 1. The lowest BCUT2D eigenvalue weighted by molar-refractivity contribution is -0.116. The van der Waals surface area contributed by atoms with E-state index in [1.165, 1.54) is 16.0 Å². The Kier molecular flexibility index (Phi) is 14.1. The van der Waals surface area contributed by atoms with Crippen LogP contribution in [-0.2, 0) is 30.2 Å². The van der Waals surface area contributed by atoms with Gasteiger partial charge in [0.05, 0.1) is 58.1 Å². The smallest absolute Gasteiger partial charge is 0.228 e. The van der Waals surface area contributed by atoms with E-state index >= 15 is 0 Å². The van der Waals surface area contributed by atoms with Crippen molar-refractivity contribution < 1.29 is 33.3 Å². The van der Waals surface area contributed by atoms with E-state index in [2.05, 4.69) is 52.0 Å². The van der Waals surface area contributed by atoms with Crippen LogP contribution in [0.2, 0.25) is 5.02 Å². The van der Waals surface area contributed by atoms with Crippen LogP contribution < -0.4 is 41.5 Å². The van der Waals surface area contributed by atoms with E-state index in [9.17, 15) is 9.59 Å². The first-order valence-electron chi connectivity index (χ1n) is 20.9. The third kappa shape index (κ3) is 10.6. The molecule has 0 saturated heterocycles. The topological polar surface area (TPSA) is 183 Å². The fourth-order valence-electron chi connectivity index (χ4n) is 7.71. The highest BCUT2D eigenvalue weighted by molar-refractivity contribution is 7.16. The highest BCUT2D eigenvalue weighted by Crippen LogP contribution is 2.45. The summed E-state index contributed by atoms with van der Waals surface area (Å²) in [7, 11) is 0. The Labute approximate surface area is 375 Å². The third-order valence-electron chi connectivity index (χ3n) is 11.0. The van der Waals surface area contributed by atoms with Gasteiger partial charge in [0.15, 0.2) is 11.6 Å². The maximum absolute atomic E-state index is 13.6. The van der Waals surface area contributed by atoms with Gasteiger partial charge in [-0.1, -0.05) is 29.8 Å². The number of aryl methyl sites for hydroxylation is 1. The van der Waals surface area contributed by atoms with Gasteiger partial charge in [0, 0.05) is 45.0 Å². The summed E-state index contributed by atoms with van der Waals surface area (Å²) in [5.74, 6) is 2.07. The number of hydrazone groups is 1. The molecular formula is C46H51ClN8O7S. The lowest BCUT2D eigenvalue weighted by Crippen LogP contribution is -2.47. The van der Waals surface area contributed by atoms with Gasteiger partial charge in [-0.25, -0.2) is 4.98 Å². The molecule has 15 nitrogen and oxygen atoms in total. The molecule has 330 valence electrons. The van der Waals surface area contributed by atoms with E-state index < -0.39 is 0 Å². The van der Waals surface area contributed by atoms with E-state index in [1.807, 2.05) is 72.8 Å². The first kappa shape index (κ1) is 43.9. The largest absolute Gasteiger partial charge is 0.491 e. The van der Waals surface area contributed by atoms with Crippen LogP contribution in [0.1, 0.15) is 46.5 Å². The summed E-state index contributed by atoms with van der Waals surface area (Å²) in [6.07, 6.45) is 2.17. The Morgan fingerprint density at radius 1 is 0.905 bits per heavy atom. The molecule has 3 aromatic carbocycles. The number of nitrogens with zero attached hydrogens (tertiary/aromatic N) is 3. The van der Waals surface area contributed by atoms with E-state index in [4.69, 9.17) is 46.1 Å². The molecule has 0 bridgehead atoms. The van der Waals surface area contributed by atoms with Crippen LogP contribution in [-0.4, -0.2) is 87.7 Å². The number of nitrogens with two attached hydrogens (primary N) is 1.